The second kappa shape index (κ2) is 13.2. The zero-order valence-corrected chi connectivity index (χ0v) is 21.0. The highest BCUT2D eigenvalue weighted by atomic mass is 16.5. The van der Waals surface area contributed by atoms with E-state index in [0.717, 1.165) is 5.56 Å². The molecule has 4 rings (SSSR count). The Balaban J connectivity index is 1.37. The Labute approximate surface area is 225 Å². The van der Waals surface area contributed by atoms with Crippen LogP contribution in [0.5, 0.6) is 11.5 Å². The summed E-state index contributed by atoms with van der Waals surface area (Å²) in [6.45, 7) is 0. The van der Waals surface area contributed by atoms with Crippen molar-refractivity contribution in [1.29, 1.82) is 0 Å². The summed E-state index contributed by atoms with van der Waals surface area (Å²) in [7, 11) is 1.53. The predicted molar refractivity (Wildman–Crippen MR) is 150 cm³/mol. The zero-order valence-electron chi connectivity index (χ0n) is 21.0. The first-order chi connectivity index (χ1) is 19.0. The van der Waals surface area contributed by atoms with Gasteiger partial charge < -0.3 is 14.8 Å². The van der Waals surface area contributed by atoms with E-state index in [4.69, 9.17) is 9.47 Å². The third-order valence-electron chi connectivity index (χ3n) is 5.43. The summed E-state index contributed by atoms with van der Waals surface area (Å²) in [5.74, 6) is -0.510. The number of nitrogens with zero attached hydrogens (tertiary/aromatic N) is 1. The minimum Gasteiger partial charge on any atom is -0.497 e. The molecule has 8 heteroatoms. The molecule has 39 heavy (non-hydrogen) atoms. The lowest BCUT2D eigenvalue weighted by atomic mass is 10.1. The number of para-hydroxylation sites is 1. The van der Waals surface area contributed by atoms with Crippen LogP contribution in [-0.2, 0) is 4.79 Å². The van der Waals surface area contributed by atoms with Crippen molar-refractivity contribution >= 4 is 35.8 Å². The molecule has 0 aliphatic heterocycles. The Hall–Kier alpha value is -5.50. The van der Waals surface area contributed by atoms with Gasteiger partial charge in [0.15, 0.2) is 0 Å². The number of ether oxygens (including phenoxy) is 2. The lowest BCUT2D eigenvalue weighted by Crippen LogP contribution is -2.18. The molecular weight excluding hydrogens is 494 g/mol. The van der Waals surface area contributed by atoms with E-state index in [1.54, 1.807) is 72.8 Å². The molecule has 0 radical (unpaired) electrons. The molecule has 2 N–H and O–H groups in total. The van der Waals surface area contributed by atoms with Crippen LogP contribution in [0.1, 0.15) is 31.8 Å². The Kier molecular flexibility index (Phi) is 8.96. The highest BCUT2D eigenvalue weighted by Gasteiger charge is 2.10. The fourth-order valence-electron chi connectivity index (χ4n) is 3.48. The van der Waals surface area contributed by atoms with Crippen molar-refractivity contribution in [2.45, 2.75) is 0 Å². The molecule has 0 aromatic heterocycles. The van der Waals surface area contributed by atoms with Crippen molar-refractivity contribution in [3.05, 3.63) is 131 Å². The second-order valence-corrected chi connectivity index (χ2v) is 8.17. The third kappa shape index (κ3) is 7.74. The van der Waals surface area contributed by atoms with Gasteiger partial charge in [-0.1, -0.05) is 54.6 Å². The average Bonchev–Trinajstić information content (AvgIpc) is 2.97. The van der Waals surface area contributed by atoms with Gasteiger partial charge in [0.2, 0.25) is 0 Å². The number of carbonyl (C=O) groups excluding carboxylic acids is 3. The zero-order chi connectivity index (χ0) is 27.5. The van der Waals surface area contributed by atoms with Gasteiger partial charge in [0, 0.05) is 28.5 Å². The lowest BCUT2D eigenvalue weighted by Gasteiger charge is -2.08. The van der Waals surface area contributed by atoms with Crippen LogP contribution in [0.25, 0.3) is 6.08 Å². The first-order valence-electron chi connectivity index (χ1n) is 11.9. The van der Waals surface area contributed by atoms with Crippen LogP contribution in [0.3, 0.4) is 0 Å². The quantitative estimate of drug-likeness (QED) is 0.102. The summed E-state index contributed by atoms with van der Waals surface area (Å²) in [5, 5.41) is 6.77. The van der Waals surface area contributed by atoms with E-state index >= 15 is 0 Å². The summed E-state index contributed by atoms with van der Waals surface area (Å²) in [4.78, 5) is 37.5. The molecule has 4 aromatic carbocycles. The summed E-state index contributed by atoms with van der Waals surface area (Å²) in [6, 6.07) is 29.4. The molecule has 0 fully saturated rings. The van der Waals surface area contributed by atoms with Crippen molar-refractivity contribution in [2.75, 3.05) is 12.4 Å². The van der Waals surface area contributed by atoms with E-state index in [-0.39, 0.29) is 5.91 Å². The number of benzene rings is 4. The number of esters is 1. The standard InChI is InChI=1S/C31H25N3O5/c1-38-27-15-8-13-24(20-27)30(36)33-26-14-7-12-23(19-26)31(37)34-32-21-25-11-5-6-16-28(25)39-29(35)18-17-22-9-3-2-4-10-22/h2-21H,1H3,(H,33,36)(H,34,37)/b18-17+,32-21?. The van der Waals surface area contributed by atoms with E-state index in [0.29, 0.717) is 33.9 Å². The normalized spacial score (nSPS) is 10.8. The number of hydrazone groups is 1. The van der Waals surface area contributed by atoms with Gasteiger partial charge in [0.05, 0.1) is 13.3 Å². The van der Waals surface area contributed by atoms with Crippen molar-refractivity contribution < 1.29 is 23.9 Å². The van der Waals surface area contributed by atoms with Gasteiger partial charge in [0.25, 0.3) is 11.8 Å². The number of nitrogens with one attached hydrogen (secondary N) is 2. The molecule has 2 amide bonds. The van der Waals surface area contributed by atoms with Gasteiger partial charge >= 0.3 is 5.97 Å². The molecule has 0 atom stereocenters. The van der Waals surface area contributed by atoms with E-state index in [1.807, 2.05) is 30.3 Å². The Morgan fingerprint density at radius 1 is 0.769 bits per heavy atom. The molecule has 8 nitrogen and oxygen atoms in total. The molecule has 0 aliphatic carbocycles. The molecule has 0 heterocycles. The summed E-state index contributed by atoms with van der Waals surface area (Å²) in [6.07, 6.45) is 4.38. The van der Waals surface area contributed by atoms with E-state index in [1.165, 1.54) is 25.5 Å². The van der Waals surface area contributed by atoms with Gasteiger partial charge in [-0.3, -0.25) is 9.59 Å². The van der Waals surface area contributed by atoms with Crippen LogP contribution in [0.2, 0.25) is 0 Å². The highest BCUT2D eigenvalue weighted by molar-refractivity contribution is 6.05. The van der Waals surface area contributed by atoms with Crippen molar-refractivity contribution in [3.63, 3.8) is 0 Å². The van der Waals surface area contributed by atoms with Crippen LogP contribution in [-0.4, -0.2) is 31.1 Å². The molecule has 0 aliphatic rings. The molecule has 4 aromatic rings. The number of amides is 2. The largest absolute Gasteiger partial charge is 0.497 e. The van der Waals surface area contributed by atoms with Crippen molar-refractivity contribution in [2.24, 2.45) is 5.10 Å². The van der Waals surface area contributed by atoms with Gasteiger partial charge in [-0.15, -0.1) is 0 Å². The molecular formula is C31H25N3O5. The second-order valence-electron chi connectivity index (χ2n) is 8.17. The maximum Gasteiger partial charge on any atom is 0.336 e. The van der Waals surface area contributed by atoms with Crippen molar-refractivity contribution in [3.8, 4) is 11.5 Å². The van der Waals surface area contributed by atoms with Gasteiger partial charge in [-0.25, -0.2) is 10.2 Å². The van der Waals surface area contributed by atoms with E-state index in [9.17, 15) is 14.4 Å². The maximum atomic E-state index is 12.7. The Morgan fingerprint density at radius 2 is 1.49 bits per heavy atom. The SMILES string of the molecule is COc1cccc(C(=O)Nc2cccc(C(=O)NN=Cc3ccccc3OC(=O)/C=C/c3ccccc3)c2)c1. The highest BCUT2D eigenvalue weighted by Crippen LogP contribution is 2.18. The minimum absolute atomic E-state index is 0.292. The van der Waals surface area contributed by atoms with Gasteiger partial charge in [-0.2, -0.15) is 5.10 Å². The molecule has 0 unspecified atom stereocenters. The fourth-order valence-corrected chi connectivity index (χ4v) is 3.48. The lowest BCUT2D eigenvalue weighted by molar-refractivity contribution is -0.128. The summed E-state index contributed by atoms with van der Waals surface area (Å²) in [5.41, 5.74) is 4.98. The number of rotatable bonds is 9. The number of methoxy groups -OCH3 is 1. The van der Waals surface area contributed by atoms with Gasteiger partial charge in [-0.05, 0) is 60.2 Å². The topological polar surface area (TPSA) is 106 Å². The van der Waals surface area contributed by atoms with Crippen LogP contribution >= 0.6 is 0 Å². The van der Waals surface area contributed by atoms with Crippen LogP contribution in [0.15, 0.2) is 114 Å². The monoisotopic (exact) mass is 519 g/mol. The third-order valence-corrected chi connectivity index (χ3v) is 5.43. The average molecular weight is 520 g/mol. The first kappa shape index (κ1) is 26.6. The summed E-state index contributed by atoms with van der Waals surface area (Å²) < 4.78 is 10.6. The van der Waals surface area contributed by atoms with E-state index in [2.05, 4.69) is 15.8 Å². The Morgan fingerprint density at radius 3 is 2.28 bits per heavy atom. The van der Waals surface area contributed by atoms with Gasteiger partial charge in [0.1, 0.15) is 11.5 Å². The van der Waals surface area contributed by atoms with E-state index < -0.39 is 11.9 Å². The Bertz CT molecular complexity index is 1530. The number of anilines is 1. The maximum absolute atomic E-state index is 12.7. The number of hydrogen-bond acceptors (Lipinski definition) is 6. The number of carbonyl (C=O) groups is 3. The molecule has 0 spiro atoms. The first-order valence-corrected chi connectivity index (χ1v) is 11.9. The summed E-state index contributed by atoms with van der Waals surface area (Å²) >= 11 is 0. The van der Waals surface area contributed by atoms with Crippen LogP contribution in [0, 0.1) is 0 Å². The van der Waals surface area contributed by atoms with Crippen molar-refractivity contribution in [1.82, 2.24) is 5.43 Å². The molecule has 194 valence electrons. The van der Waals surface area contributed by atoms with Crippen LogP contribution < -0.4 is 20.2 Å². The minimum atomic E-state index is -0.545. The molecule has 0 saturated heterocycles. The fraction of sp³-hybridized carbons (Fsp3) is 0.0323. The molecule has 0 saturated carbocycles. The molecule has 0 bridgehead atoms. The predicted octanol–water partition coefficient (Wildman–Crippen LogP) is 5.33. The van der Waals surface area contributed by atoms with Crippen LogP contribution in [0.4, 0.5) is 5.69 Å². The smallest absolute Gasteiger partial charge is 0.336 e. The number of hydrogen-bond donors (Lipinski definition) is 2.